The van der Waals surface area contributed by atoms with Gasteiger partial charge in [0.2, 0.25) is 0 Å². The van der Waals surface area contributed by atoms with E-state index < -0.39 is 20.9 Å². The highest BCUT2D eigenvalue weighted by atomic mass is 32.2. The number of aromatic hydroxyl groups is 1. The molecule has 0 atom stereocenters. The van der Waals surface area contributed by atoms with Crippen molar-refractivity contribution in [2.45, 2.75) is 11.8 Å². The normalized spacial score (nSPS) is 11.4. The summed E-state index contributed by atoms with van der Waals surface area (Å²) in [6, 6.07) is 10.5. The highest BCUT2D eigenvalue weighted by Crippen LogP contribution is 2.35. The van der Waals surface area contributed by atoms with Crippen LogP contribution in [-0.4, -0.2) is 28.9 Å². The fourth-order valence-electron chi connectivity index (χ4n) is 2.83. The number of nitrogens with zero attached hydrogens (tertiary/aromatic N) is 1. The van der Waals surface area contributed by atoms with Crippen molar-refractivity contribution in [1.82, 2.24) is 0 Å². The van der Waals surface area contributed by atoms with Crippen molar-refractivity contribution in [3.8, 4) is 5.75 Å². The van der Waals surface area contributed by atoms with Crippen LogP contribution in [0.5, 0.6) is 5.75 Å². The lowest BCUT2D eigenvalue weighted by atomic mass is 10.1. The third-order valence-corrected chi connectivity index (χ3v) is 5.09. The molecular weight excluding hydrogens is 388 g/mol. The first-order valence-corrected chi connectivity index (χ1v) is 9.32. The molecule has 0 unspecified atom stereocenters. The molecule has 10 heteroatoms. The van der Waals surface area contributed by atoms with Gasteiger partial charge in [-0.1, -0.05) is 18.2 Å². The van der Waals surface area contributed by atoms with E-state index in [1.54, 1.807) is 0 Å². The predicted octanol–water partition coefficient (Wildman–Crippen LogP) is 3.26. The molecule has 0 aromatic heterocycles. The van der Waals surface area contributed by atoms with Crippen molar-refractivity contribution >= 4 is 38.2 Å². The first-order chi connectivity index (χ1) is 13.1. The van der Waals surface area contributed by atoms with Gasteiger partial charge in [-0.15, -0.1) is 0 Å². The van der Waals surface area contributed by atoms with E-state index in [0.717, 1.165) is 0 Å². The van der Waals surface area contributed by atoms with Crippen LogP contribution >= 0.6 is 0 Å². The molecule has 0 aliphatic rings. The Morgan fingerprint density at radius 1 is 1.11 bits per heavy atom. The third kappa shape index (κ3) is 3.50. The summed E-state index contributed by atoms with van der Waals surface area (Å²) in [5.74, 6) is -0.992. The molecule has 0 saturated heterocycles. The van der Waals surface area contributed by atoms with Gasteiger partial charge in [0.1, 0.15) is 10.6 Å². The minimum Gasteiger partial charge on any atom is -0.505 e. The second kappa shape index (κ2) is 6.91. The molecular formula is C18H14N2O7S. The van der Waals surface area contributed by atoms with E-state index in [0.29, 0.717) is 5.56 Å². The Morgan fingerprint density at radius 3 is 2.43 bits per heavy atom. The van der Waals surface area contributed by atoms with Crippen LogP contribution in [0.3, 0.4) is 0 Å². The van der Waals surface area contributed by atoms with Crippen molar-refractivity contribution in [1.29, 1.82) is 0 Å². The monoisotopic (exact) mass is 402 g/mol. The van der Waals surface area contributed by atoms with Gasteiger partial charge in [-0.2, -0.15) is 8.42 Å². The van der Waals surface area contributed by atoms with Crippen LogP contribution in [-0.2, 0) is 10.1 Å². The number of carbonyl (C=O) groups excluding carboxylic acids is 1. The minimum absolute atomic E-state index is 0.0148. The predicted molar refractivity (Wildman–Crippen MR) is 101 cm³/mol. The molecule has 1 amide bonds. The van der Waals surface area contributed by atoms with Crippen molar-refractivity contribution in [3.63, 3.8) is 0 Å². The Balaban J connectivity index is 1.99. The Labute approximate surface area is 159 Å². The molecule has 3 aromatic rings. The number of hydrogen-bond donors (Lipinski definition) is 3. The molecule has 28 heavy (non-hydrogen) atoms. The molecule has 0 saturated carbocycles. The van der Waals surface area contributed by atoms with Crippen LogP contribution in [0.1, 0.15) is 15.9 Å². The van der Waals surface area contributed by atoms with Crippen molar-refractivity contribution in [3.05, 3.63) is 69.8 Å². The number of rotatable bonds is 4. The lowest BCUT2D eigenvalue weighted by Crippen LogP contribution is -2.12. The van der Waals surface area contributed by atoms with Gasteiger partial charge in [0.05, 0.1) is 10.6 Å². The number of hydrogen-bond acceptors (Lipinski definition) is 6. The second-order valence-corrected chi connectivity index (χ2v) is 7.39. The fourth-order valence-corrected chi connectivity index (χ4v) is 3.54. The first kappa shape index (κ1) is 19.3. The van der Waals surface area contributed by atoms with Gasteiger partial charge >= 0.3 is 0 Å². The van der Waals surface area contributed by atoms with Gasteiger partial charge in [0, 0.05) is 28.0 Å². The van der Waals surface area contributed by atoms with Gasteiger partial charge in [-0.05, 0) is 31.2 Å². The number of nitro groups is 1. The Morgan fingerprint density at radius 2 is 1.82 bits per heavy atom. The number of phenols is 1. The van der Waals surface area contributed by atoms with E-state index in [-0.39, 0.29) is 38.4 Å². The molecule has 9 nitrogen and oxygen atoms in total. The quantitative estimate of drug-likeness (QED) is 0.263. The molecule has 0 aliphatic carbocycles. The summed E-state index contributed by atoms with van der Waals surface area (Å²) in [6.07, 6.45) is 0. The average Bonchev–Trinajstić information content (AvgIpc) is 2.62. The van der Waals surface area contributed by atoms with Crippen molar-refractivity contribution in [2.75, 3.05) is 5.32 Å². The number of carbonyl (C=O) groups is 1. The molecule has 3 N–H and O–H groups in total. The number of anilines is 1. The number of fused-ring (bicyclic) bond motifs is 1. The summed E-state index contributed by atoms with van der Waals surface area (Å²) < 4.78 is 32.2. The lowest BCUT2D eigenvalue weighted by molar-refractivity contribution is -0.385. The zero-order valence-corrected chi connectivity index (χ0v) is 15.2. The van der Waals surface area contributed by atoms with Crippen LogP contribution in [0, 0.1) is 17.0 Å². The van der Waals surface area contributed by atoms with E-state index in [9.17, 15) is 33.0 Å². The van der Waals surface area contributed by atoms with Crippen LogP contribution in [0.25, 0.3) is 10.8 Å². The number of amides is 1. The van der Waals surface area contributed by atoms with E-state index in [2.05, 4.69) is 5.32 Å². The molecule has 3 aromatic carbocycles. The Kier molecular flexibility index (Phi) is 4.75. The smallest absolute Gasteiger partial charge is 0.295 e. The van der Waals surface area contributed by atoms with Crippen LogP contribution in [0.15, 0.2) is 53.4 Å². The first-order valence-electron chi connectivity index (χ1n) is 7.88. The zero-order valence-electron chi connectivity index (χ0n) is 14.4. The number of nitrogens with one attached hydrogen (secondary N) is 1. The van der Waals surface area contributed by atoms with Gasteiger partial charge in [0.15, 0.2) is 0 Å². The van der Waals surface area contributed by atoms with Crippen molar-refractivity contribution in [2.24, 2.45) is 0 Å². The summed E-state index contributed by atoms with van der Waals surface area (Å²) in [4.78, 5) is 22.4. The molecule has 0 fully saturated rings. The van der Waals surface area contributed by atoms with Crippen LogP contribution in [0.2, 0.25) is 0 Å². The molecule has 0 heterocycles. The number of aryl methyl sites for hydroxylation is 1. The molecule has 0 aliphatic heterocycles. The largest absolute Gasteiger partial charge is 0.505 e. The van der Waals surface area contributed by atoms with E-state index in [1.807, 2.05) is 0 Å². The fraction of sp³-hybridized carbons (Fsp3) is 0.0556. The van der Waals surface area contributed by atoms with Crippen LogP contribution in [0.4, 0.5) is 11.4 Å². The number of nitro benzene ring substituents is 1. The summed E-state index contributed by atoms with van der Waals surface area (Å²) in [5.41, 5.74) is 0.344. The van der Waals surface area contributed by atoms with Gasteiger partial charge < -0.3 is 10.4 Å². The number of phenolic OH excluding ortho intramolecular Hbond substituents is 1. The van der Waals surface area contributed by atoms with E-state index >= 15 is 0 Å². The zero-order chi connectivity index (χ0) is 20.6. The maximum atomic E-state index is 12.4. The summed E-state index contributed by atoms with van der Waals surface area (Å²) in [6.45, 7) is 1.50. The van der Waals surface area contributed by atoms with Gasteiger partial charge in [-0.25, -0.2) is 0 Å². The SMILES string of the molecule is Cc1cc(C(=O)Nc2ccc3c(S(=O)(=O)O)cccc3c2O)ccc1[N+](=O)[O-]. The highest BCUT2D eigenvalue weighted by Gasteiger charge is 2.19. The Hall–Kier alpha value is -3.50. The van der Waals surface area contributed by atoms with E-state index in [1.165, 1.54) is 55.5 Å². The molecule has 0 bridgehead atoms. The van der Waals surface area contributed by atoms with Gasteiger partial charge in [-0.3, -0.25) is 19.5 Å². The van der Waals surface area contributed by atoms with Crippen LogP contribution < -0.4 is 5.32 Å². The highest BCUT2D eigenvalue weighted by molar-refractivity contribution is 7.86. The maximum Gasteiger partial charge on any atom is 0.295 e. The second-order valence-electron chi connectivity index (χ2n) is 6.00. The summed E-state index contributed by atoms with van der Waals surface area (Å²) in [5, 5.41) is 24.0. The van der Waals surface area contributed by atoms with E-state index in [4.69, 9.17) is 0 Å². The Bertz CT molecular complexity index is 1240. The molecule has 144 valence electrons. The average molecular weight is 402 g/mol. The molecule has 0 radical (unpaired) electrons. The lowest BCUT2D eigenvalue weighted by Gasteiger charge is -2.11. The third-order valence-electron chi connectivity index (χ3n) is 4.17. The van der Waals surface area contributed by atoms with Gasteiger partial charge in [0.25, 0.3) is 21.7 Å². The summed E-state index contributed by atoms with van der Waals surface area (Å²) in [7, 11) is -4.49. The molecule has 0 spiro atoms. The maximum absolute atomic E-state index is 12.4. The minimum atomic E-state index is -4.49. The molecule has 3 rings (SSSR count). The summed E-state index contributed by atoms with van der Waals surface area (Å²) >= 11 is 0. The standard InChI is InChI=1S/C18H14N2O7S/c1-10-9-11(5-8-15(10)20(23)24)18(22)19-14-7-6-12-13(17(14)21)3-2-4-16(12)28(25,26)27/h2-9,21H,1H3,(H,19,22)(H,25,26,27). The topological polar surface area (TPSA) is 147 Å². The number of benzene rings is 3. The van der Waals surface area contributed by atoms with Crippen molar-refractivity contribution < 1.29 is 27.8 Å².